The molecule has 0 heterocycles. The number of rotatable bonds is 15. The standard InChI is InChI=1S/C49H43FO5P/c1-52-39-24-26-43(38(32-39)23-19-35-21-27-46(45(50)29-35)55-49-30-36(33-51)22-28-47(49)53-2)44-25-20-37(31-48(44)54-3)34-56(40-13-7-4-8-14-40,41-15-9-5-10-16-41)42-17-11-6-12-18-42/h4-18,20-22,24-33H,19,23,34H2,1-3H3/q+1. The summed E-state index contributed by atoms with van der Waals surface area (Å²) in [5.74, 6) is 1.71. The molecule has 0 spiro atoms. The van der Waals surface area contributed by atoms with Crippen LogP contribution in [-0.4, -0.2) is 27.6 Å². The van der Waals surface area contributed by atoms with Gasteiger partial charge >= 0.3 is 0 Å². The number of hydrogen-bond donors (Lipinski definition) is 0. The molecular formula is C49H43FO5P+. The van der Waals surface area contributed by atoms with Crippen molar-refractivity contribution in [2.75, 3.05) is 21.3 Å². The van der Waals surface area contributed by atoms with Crippen molar-refractivity contribution in [2.45, 2.75) is 19.0 Å². The summed E-state index contributed by atoms with van der Waals surface area (Å²) in [5.41, 5.74) is 5.43. The van der Waals surface area contributed by atoms with Crippen molar-refractivity contribution in [3.8, 4) is 39.9 Å². The third kappa shape index (κ3) is 8.07. The third-order valence-corrected chi connectivity index (χ3v) is 14.5. The van der Waals surface area contributed by atoms with Crippen molar-refractivity contribution >= 4 is 29.5 Å². The summed E-state index contributed by atoms with van der Waals surface area (Å²) in [7, 11) is 2.75. The van der Waals surface area contributed by atoms with Crippen LogP contribution < -0.4 is 34.9 Å². The highest BCUT2D eigenvalue weighted by Crippen LogP contribution is 2.58. The SMILES string of the molecule is COc1ccc(-c2ccc(C[P+](c3ccccc3)(c3ccccc3)c3ccccc3)cc2OC)c(CCc2ccc(Oc3cc(C=O)ccc3OC)c(F)c2)c1. The van der Waals surface area contributed by atoms with Gasteiger partial charge in [0.05, 0.1) is 27.5 Å². The van der Waals surface area contributed by atoms with Gasteiger partial charge in [-0.2, -0.15) is 0 Å². The van der Waals surface area contributed by atoms with Crippen LogP contribution in [0.3, 0.4) is 0 Å². The number of carbonyl (C=O) groups excluding carboxylic acids is 1. The van der Waals surface area contributed by atoms with E-state index in [2.05, 4.69) is 115 Å². The Bertz CT molecular complexity index is 2320. The minimum absolute atomic E-state index is 0.0419. The van der Waals surface area contributed by atoms with E-state index in [-0.39, 0.29) is 11.5 Å². The molecule has 0 fully saturated rings. The molecule has 0 aliphatic rings. The normalized spacial score (nSPS) is 11.1. The Balaban J connectivity index is 1.20. The minimum atomic E-state index is -2.13. The molecule has 7 heteroatoms. The zero-order valence-corrected chi connectivity index (χ0v) is 32.5. The molecule has 56 heavy (non-hydrogen) atoms. The lowest BCUT2D eigenvalue weighted by Gasteiger charge is -2.28. The maximum Gasteiger partial charge on any atom is 0.170 e. The predicted octanol–water partition coefficient (Wildman–Crippen LogP) is 10.4. The summed E-state index contributed by atoms with van der Waals surface area (Å²) in [4.78, 5) is 11.3. The van der Waals surface area contributed by atoms with Gasteiger partial charge in [-0.1, -0.05) is 78.9 Å². The Hall–Kier alpha value is -6.23. The molecule has 7 aromatic carbocycles. The second-order valence-electron chi connectivity index (χ2n) is 13.4. The molecule has 0 unspecified atom stereocenters. The highest BCUT2D eigenvalue weighted by atomic mass is 31.2. The van der Waals surface area contributed by atoms with E-state index in [1.807, 2.05) is 18.2 Å². The molecule has 0 aliphatic carbocycles. The third-order valence-electron chi connectivity index (χ3n) is 10.1. The number of aldehydes is 1. The van der Waals surface area contributed by atoms with Crippen molar-refractivity contribution in [2.24, 2.45) is 0 Å². The number of methoxy groups -OCH3 is 3. The van der Waals surface area contributed by atoms with Crippen LogP contribution in [0.2, 0.25) is 0 Å². The fraction of sp³-hybridized carbons (Fsp3) is 0.122. The van der Waals surface area contributed by atoms with Crippen LogP contribution in [-0.2, 0) is 19.0 Å². The Kier molecular flexibility index (Phi) is 11.9. The van der Waals surface area contributed by atoms with E-state index in [9.17, 15) is 4.79 Å². The van der Waals surface area contributed by atoms with Crippen LogP contribution in [0.1, 0.15) is 27.0 Å². The summed E-state index contributed by atoms with van der Waals surface area (Å²) >= 11 is 0. The predicted molar refractivity (Wildman–Crippen MR) is 226 cm³/mol. The Morgan fingerprint density at radius 1 is 0.518 bits per heavy atom. The van der Waals surface area contributed by atoms with Gasteiger partial charge in [-0.15, -0.1) is 0 Å². The molecule has 0 amide bonds. The van der Waals surface area contributed by atoms with Crippen LogP contribution in [0.15, 0.2) is 164 Å². The maximum absolute atomic E-state index is 15.5. The summed E-state index contributed by atoms with van der Waals surface area (Å²) in [6.45, 7) is 0. The van der Waals surface area contributed by atoms with Gasteiger partial charge in [0.2, 0.25) is 0 Å². The first-order valence-electron chi connectivity index (χ1n) is 18.4. The quantitative estimate of drug-likeness (QED) is 0.0769. The molecule has 0 aromatic heterocycles. The van der Waals surface area contributed by atoms with Crippen LogP contribution >= 0.6 is 7.26 Å². The lowest BCUT2D eigenvalue weighted by molar-refractivity contribution is 0.112. The molecule has 0 saturated carbocycles. The van der Waals surface area contributed by atoms with E-state index in [1.54, 1.807) is 32.4 Å². The molecule has 0 saturated heterocycles. The van der Waals surface area contributed by atoms with Gasteiger partial charge in [-0.3, -0.25) is 4.79 Å². The number of aryl methyl sites for hydroxylation is 2. The zero-order valence-electron chi connectivity index (χ0n) is 31.7. The van der Waals surface area contributed by atoms with Crippen molar-refractivity contribution < 1.29 is 28.1 Å². The van der Waals surface area contributed by atoms with E-state index < -0.39 is 13.1 Å². The molecule has 280 valence electrons. The van der Waals surface area contributed by atoms with Crippen molar-refractivity contribution in [1.29, 1.82) is 0 Å². The number of ether oxygens (including phenoxy) is 4. The first kappa shape index (κ1) is 38.1. The first-order chi connectivity index (χ1) is 27.4. The zero-order chi connectivity index (χ0) is 38.9. The second kappa shape index (κ2) is 17.5. The van der Waals surface area contributed by atoms with Crippen molar-refractivity contribution in [3.05, 3.63) is 192 Å². The van der Waals surface area contributed by atoms with E-state index >= 15 is 4.39 Å². The van der Waals surface area contributed by atoms with E-state index in [1.165, 1.54) is 40.7 Å². The molecular weight excluding hydrogens is 719 g/mol. The largest absolute Gasteiger partial charge is 0.497 e. The fourth-order valence-corrected chi connectivity index (χ4v) is 11.5. The highest BCUT2D eigenvalue weighted by Gasteiger charge is 2.45. The van der Waals surface area contributed by atoms with Gasteiger partial charge < -0.3 is 18.9 Å². The summed E-state index contributed by atoms with van der Waals surface area (Å²) in [6, 6.07) is 55.0. The molecule has 7 rings (SSSR count). The molecule has 0 atom stereocenters. The molecule has 5 nitrogen and oxygen atoms in total. The molecule has 0 N–H and O–H groups in total. The van der Waals surface area contributed by atoms with Crippen molar-refractivity contribution in [1.82, 2.24) is 0 Å². The lowest BCUT2D eigenvalue weighted by Crippen LogP contribution is -2.32. The lowest BCUT2D eigenvalue weighted by atomic mass is 9.93. The van der Waals surface area contributed by atoms with Crippen LogP contribution in [0.25, 0.3) is 11.1 Å². The van der Waals surface area contributed by atoms with Gasteiger partial charge in [0.1, 0.15) is 41.0 Å². The molecule has 0 radical (unpaired) electrons. The van der Waals surface area contributed by atoms with Gasteiger partial charge in [0.15, 0.2) is 23.1 Å². The van der Waals surface area contributed by atoms with E-state index in [4.69, 9.17) is 18.9 Å². The average molecular weight is 762 g/mol. The molecule has 7 aromatic rings. The fourth-order valence-electron chi connectivity index (χ4n) is 7.29. The van der Waals surface area contributed by atoms with Gasteiger partial charge in [0.25, 0.3) is 0 Å². The van der Waals surface area contributed by atoms with Gasteiger partial charge in [0, 0.05) is 11.1 Å². The topological polar surface area (TPSA) is 54.0 Å². The van der Waals surface area contributed by atoms with Gasteiger partial charge in [-0.05, 0) is 120 Å². The maximum atomic E-state index is 15.5. The number of halogens is 1. The smallest absolute Gasteiger partial charge is 0.170 e. The van der Waals surface area contributed by atoms with Gasteiger partial charge in [-0.25, -0.2) is 4.39 Å². The molecule has 0 bridgehead atoms. The minimum Gasteiger partial charge on any atom is -0.497 e. The summed E-state index contributed by atoms with van der Waals surface area (Å²) < 4.78 is 38.4. The highest BCUT2D eigenvalue weighted by molar-refractivity contribution is 7.95. The van der Waals surface area contributed by atoms with Crippen molar-refractivity contribution in [3.63, 3.8) is 0 Å². The average Bonchev–Trinajstić information content (AvgIpc) is 3.26. The second-order valence-corrected chi connectivity index (χ2v) is 16.9. The Morgan fingerprint density at radius 3 is 1.68 bits per heavy atom. The number of benzene rings is 7. The number of hydrogen-bond acceptors (Lipinski definition) is 5. The Morgan fingerprint density at radius 2 is 1.11 bits per heavy atom. The van der Waals surface area contributed by atoms with Crippen LogP contribution in [0, 0.1) is 5.82 Å². The van der Waals surface area contributed by atoms with E-state index in [0.29, 0.717) is 30.4 Å². The van der Waals surface area contributed by atoms with Crippen LogP contribution in [0.4, 0.5) is 4.39 Å². The first-order valence-corrected chi connectivity index (χ1v) is 20.4. The monoisotopic (exact) mass is 761 g/mol. The number of carbonyl (C=O) groups is 1. The van der Waals surface area contributed by atoms with E-state index in [0.717, 1.165) is 39.9 Å². The summed E-state index contributed by atoms with van der Waals surface area (Å²) in [6.07, 6.45) is 2.72. The Labute approximate surface area is 328 Å². The molecule has 0 aliphatic heterocycles. The summed E-state index contributed by atoms with van der Waals surface area (Å²) in [5, 5.41) is 3.96. The van der Waals surface area contributed by atoms with Crippen LogP contribution in [0.5, 0.6) is 28.7 Å².